The zero-order valence-corrected chi connectivity index (χ0v) is 21.1. The van der Waals surface area contributed by atoms with Gasteiger partial charge in [0.2, 0.25) is 0 Å². The van der Waals surface area contributed by atoms with Crippen LogP contribution >= 0.6 is 0 Å². The number of piperidine rings is 1. The summed E-state index contributed by atoms with van der Waals surface area (Å²) in [6.07, 6.45) is 1.03. The number of anilines is 1. The second-order valence-corrected chi connectivity index (χ2v) is 10.5. The molecule has 1 heterocycles. The number of nitrogens with zero attached hydrogens (tertiary/aromatic N) is 2. The van der Waals surface area contributed by atoms with E-state index in [1.807, 2.05) is 30.3 Å². The molecular formula is C28H30N2O5S. The fraction of sp³-hybridized carbons (Fsp3) is 0.286. The molecule has 0 N–H and O–H groups in total. The van der Waals surface area contributed by atoms with Gasteiger partial charge in [-0.3, -0.25) is 13.9 Å². The van der Waals surface area contributed by atoms with Crippen molar-refractivity contribution >= 4 is 27.6 Å². The first kappa shape index (κ1) is 25.4. The van der Waals surface area contributed by atoms with E-state index in [4.69, 9.17) is 4.74 Å². The van der Waals surface area contributed by atoms with Gasteiger partial charge in [0.15, 0.2) is 0 Å². The van der Waals surface area contributed by atoms with E-state index in [0.717, 1.165) is 5.56 Å². The van der Waals surface area contributed by atoms with Crippen LogP contribution in [0.1, 0.15) is 35.7 Å². The zero-order valence-electron chi connectivity index (χ0n) is 20.2. The summed E-state index contributed by atoms with van der Waals surface area (Å²) in [5, 5.41) is 0. The number of rotatable bonds is 8. The monoisotopic (exact) mass is 506 g/mol. The molecule has 0 bridgehead atoms. The van der Waals surface area contributed by atoms with E-state index in [9.17, 15) is 18.0 Å². The van der Waals surface area contributed by atoms with Crippen molar-refractivity contribution in [1.82, 2.24) is 4.90 Å². The van der Waals surface area contributed by atoms with E-state index in [2.05, 4.69) is 0 Å². The van der Waals surface area contributed by atoms with Gasteiger partial charge in [-0.1, -0.05) is 60.7 Å². The topological polar surface area (TPSA) is 84.0 Å². The average molecular weight is 507 g/mol. The fourth-order valence-corrected chi connectivity index (χ4v) is 5.88. The summed E-state index contributed by atoms with van der Waals surface area (Å²) in [6, 6.07) is 24.3. The highest BCUT2D eigenvalue weighted by molar-refractivity contribution is 7.92. The molecule has 1 fully saturated rings. The van der Waals surface area contributed by atoms with E-state index < -0.39 is 10.0 Å². The maximum Gasteiger partial charge on any atom is 0.309 e. The van der Waals surface area contributed by atoms with Crippen LogP contribution in [0.3, 0.4) is 0 Å². The summed E-state index contributed by atoms with van der Waals surface area (Å²) in [7, 11) is -3.96. The van der Waals surface area contributed by atoms with Crippen molar-refractivity contribution in [3.63, 3.8) is 0 Å². The van der Waals surface area contributed by atoms with Crippen LogP contribution in [-0.2, 0) is 26.1 Å². The highest BCUT2D eigenvalue weighted by Crippen LogP contribution is 2.31. The van der Waals surface area contributed by atoms with Crippen molar-refractivity contribution < 1.29 is 22.7 Å². The van der Waals surface area contributed by atoms with Crippen LogP contribution in [0.15, 0.2) is 89.8 Å². The molecule has 0 radical (unpaired) electrons. The number of hydrogen-bond acceptors (Lipinski definition) is 5. The minimum atomic E-state index is -3.96. The maximum atomic E-state index is 13.8. The molecule has 1 saturated heterocycles. The van der Waals surface area contributed by atoms with Gasteiger partial charge < -0.3 is 9.64 Å². The largest absolute Gasteiger partial charge is 0.466 e. The lowest BCUT2D eigenvalue weighted by Gasteiger charge is -2.32. The molecule has 188 valence electrons. The number of esters is 1. The van der Waals surface area contributed by atoms with Gasteiger partial charge in [0.05, 0.1) is 35.2 Å². The molecule has 1 amide bonds. The number of ether oxygens (including phenoxy) is 1. The molecule has 7 nitrogen and oxygen atoms in total. The normalized spacial score (nSPS) is 14.3. The number of hydrogen-bond donors (Lipinski definition) is 0. The highest BCUT2D eigenvalue weighted by Gasteiger charge is 2.32. The van der Waals surface area contributed by atoms with Crippen LogP contribution < -0.4 is 4.31 Å². The molecule has 0 unspecified atom stereocenters. The molecule has 0 spiro atoms. The van der Waals surface area contributed by atoms with Crippen LogP contribution in [-0.4, -0.2) is 44.9 Å². The van der Waals surface area contributed by atoms with E-state index in [0.29, 0.717) is 43.8 Å². The van der Waals surface area contributed by atoms with Gasteiger partial charge in [-0.2, -0.15) is 0 Å². The van der Waals surface area contributed by atoms with Crippen molar-refractivity contribution in [2.75, 3.05) is 24.0 Å². The van der Waals surface area contributed by atoms with Gasteiger partial charge in [-0.05, 0) is 49.6 Å². The Morgan fingerprint density at radius 2 is 1.47 bits per heavy atom. The third kappa shape index (κ3) is 5.60. The Balaban J connectivity index is 1.67. The number of amides is 1. The first-order valence-electron chi connectivity index (χ1n) is 12.1. The Morgan fingerprint density at radius 1 is 0.889 bits per heavy atom. The molecule has 1 aliphatic rings. The second-order valence-electron chi connectivity index (χ2n) is 8.65. The number of carbonyl (C=O) groups is 2. The molecule has 36 heavy (non-hydrogen) atoms. The van der Waals surface area contributed by atoms with Gasteiger partial charge in [-0.15, -0.1) is 0 Å². The molecule has 3 aromatic carbocycles. The predicted molar refractivity (Wildman–Crippen MR) is 138 cm³/mol. The number of carbonyl (C=O) groups excluding carboxylic acids is 2. The van der Waals surface area contributed by atoms with E-state index in [1.54, 1.807) is 66.4 Å². The maximum absolute atomic E-state index is 13.8. The third-order valence-corrected chi connectivity index (χ3v) is 8.08. The summed E-state index contributed by atoms with van der Waals surface area (Å²) in [5.74, 6) is -0.709. The molecule has 8 heteroatoms. The number of likely N-dealkylation sites (tertiary alicyclic amines) is 1. The SMILES string of the molecule is CCOC(=O)C1CCN(C(=O)c2ccccc2N(Cc2ccccc2)S(=O)(=O)c2ccccc2)CC1. The molecule has 4 rings (SSSR count). The Labute approximate surface area is 212 Å². The molecule has 3 aromatic rings. The quantitative estimate of drug-likeness (QED) is 0.420. The fourth-order valence-electron chi connectivity index (χ4n) is 4.39. The van der Waals surface area contributed by atoms with E-state index >= 15 is 0 Å². The minimum Gasteiger partial charge on any atom is -0.466 e. The van der Waals surface area contributed by atoms with E-state index in [1.165, 1.54) is 4.31 Å². The highest BCUT2D eigenvalue weighted by atomic mass is 32.2. The van der Waals surface area contributed by atoms with Gasteiger partial charge in [0.1, 0.15) is 0 Å². The molecular weight excluding hydrogens is 476 g/mol. The van der Waals surface area contributed by atoms with Gasteiger partial charge in [0.25, 0.3) is 15.9 Å². The standard InChI is InChI=1S/C28H30N2O5S/c1-2-35-28(32)23-17-19-29(20-18-23)27(31)25-15-9-10-16-26(25)30(21-22-11-5-3-6-12-22)36(33,34)24-13-7-4-8-14-24/h3-16,23H,2,17-21H2,1H3. The number of sulfonamides is 1. The Bertz CT molecular complexity index is 1290. The minimum absolute atomic E-state index is 0.0767. The van der Waals surface area contributed by atoms with Crippen molar-refractivity contribution in [2.24, 2.45) is 5.92 Å². The summed E-state index contributed by atoms with van der Waals surface area (Å²) in [4.78, 5) is 27.6. The molecule has 0 atom stereocenters. The first-order chi connectivity index (χ1) is 17.4. The van der Waals surface area contributed by atoms with Crippen molar-refractivity contribution in [3.05, 3.63) is 96.1 Å². The van der Waals surface area contributed by atoms with E-state index in [-0.39, 0.29) is 29.2 Å². The lowest BCUT2D eigenvalue weighted by atomic mass is 9.96. The van der Waals surface area contributed by atoms with Crippen molar-refractivity contribution in [3.8, 4) is 0 Å². The zero-order chi connectivity index (χ0) is 25.5. The van der Waals surface area contributed by atoms with Crippen LogP contribution in [0.4, 0.5) is 5.69 Å². The summed E-state index contributed by atoms with van der Waals surface area (Å²) in [6.45, 7) is 2.99. The molecule has 0 aliphatic carbocycles. The van der Waals surface area contributed by atoms with Crippen molar-refractivity contribution in [2.45, 2.75) is 31.2 Å². The lowest BCUT2D eigenvalue weighted by molar-refractivity contribution is -0.149. The van der Waals surface area contributed by atoms with Crippen LogP contribution in [0, 0.1) is 5.92 Å². The average Bonchev–Trinajstić information content (AvgIpc) is 2.92. The third-order valence-electron chi connectivity index (χ3n) is 6.31. The van der Waals surface area contributed by atoms with Crippen LogP contribution in [0.2, 0.25) is 0 Å². The molecule has 0 saturated carbocycles. The summed E-state index contributed by atoms with van der Waals surface area (Å²) in [5.41, 5.74) is 1.43. The molecule has 0 aromatic heterocycles. The van der Waals surface area contributed by atoms with Gasteiger partial charge in [-0.25, -0.2) is 8.42 Å². The number of para-hydroxylation sites is 1. The summed E-state index contributed by atoms with van der Waals surface area (Å²) < 4.78 is 34.1. The second kappa shape index (κ2) is 11.4. The lowest BCUT2D eigenvalue weighted by Crippen LogP contribution is -2.41. The van der Waals surface area contributed by atoms with Crippen LogP contribution in [0.5, 0.6) is 0 Å². The van der Waals surface area contributed by atoms with Crippen molar-refractivity contribution in [1.29, 1.82) is 0 Å². The number of benzene rings is 3. The van der Waals surface area contributed by atoms with Gasteiger partial charge in [0, 0.05) is 13.1 Å². The Kier molecular flexibility index (Phi) is 8.05. The molecule has 1 aliphatic heterocycles. The Morgan fingerprint density at radius 3 is 2.11 bits per heavy atom. The Hall–Kier alpha value is -3.65. The van der Waals surface area contributed by atoms with Crippen LogP contribution in [0.25, 0.3) is 0 Å². The first-order valence-corrected chi connectivity index (χ1v) is 13.5. The van der Waals surface area contributed by atoms with Gasteiger partial charge >= 0.3 is 5.97 Å². The summed E-state index contributed by atoms with van der Waals surface area (Å²) >= 11 is 0. The smallest absolute Gasteiger partial charge is 0.309 e. The predicted octanol–water partition coefficient (Wildman–Crippen LogP) is 4.50.